The molecule has 2 amide bonds. The van der Waals surface area contributed by atoms with Gasteiger partial charge in [0.2, 0.25) is 0 Å². The predicted octanol–water partition coefficient (Wildman–Crippen LogP) is 1.85. The number of carbonyl (C=O) groups excluding carboxylic acids is 2. The summed E-state index contributed by atoms with van der Waals surface area (Å²) in [5.74, 6) is 1.13. The van der Waals surface area contributed by atoms with Gasteiger partial charge in [-0.1, -0.05) is 13.8 Å². The van der Waals surface area contributed by atoms with Gasteiger partial charge in [0.25, 0.3) is 5.91 Å². The van der Waals surface area contributed by atoms with Gasteiger partial charge in [0, 0.05) is 32.7 Å². The van der Waals surface area contributed by atoms with Crippen LogP contribution in [-0.2, 0) is 4.74 Å². The second kappa shape index (κ2) is 9.19. The van der Waals surface area contributed by atoms with Crippen LogP contribution >= 0.6 is 0 Å². The van der Waals surface area contributed by atoms with Crippen molar-refractivity contribution in [3.63, 3.8) is 0 Å². The SMILES string of the molecule is CCOC(=O)N1CCN(C(=O)c2cnc(NCCC(C)C)cn2)CC1. The number of carbonyl (C=O) groups is 2. The first-order chi connectivity index (χ1) is 12.0. The molecule has 8 heteroatoms. The first kappa shape index (κ1) is 19.0. The van der Waals surface area contributed by atoms with Crippen molar-refractivity contribution in [3.8, 4) is 0 Å². The molecule has 0 bridgehead atoms. The number of aromatic nitrogens is 2. The van der Waals surface area contributed by atoms with E-state index in [1.54, 1.807) is 22.9 Å². The predicted molar refractivity (Wildman–Crippen MR) is 94.5 cm³/mol. The summed E-state index contributed by atoms with van der Waals surface area (Å²) in [5, 5.41) is 3.20. The van der Waals surface area contributed by atoms with E-state index in [1.807, 2.05) is 0 Å². The highest BCUT2D eigenvalue weighted by atomic mass is 16.6. The molecule has 0 aliphatic carbocycles. The van der Waals surface area contributed by atoms with Crippen LogP contribution < -0.4 is 5.32 Å². The molecular weight excluding hydrogens is 322 g/mol. The molecule has 8 nitrogen and oxygen atoms in total. The van der Waals surface area contributed by atoms with E-state index in [0.717, 1.165) is 13.0 Å². The number of anilines is 1. The topological polar surface area (TPSA) is 87.7 Å². The molecule has 1 N–H and O–H groups in total. The van der Waals surface area contributed by atoms with Crippen LogP contribution in [0.5, 0.6) is 0 Å². The van der Waals surface area contributed by atoms with E-state index in [0.29, 0.717) is 50.2 Å². The van der Waals surface area contributed by atoms with Crippen molar-refractivity contribution in [1.29, 1.82) is 0 Å². The molecule has 1 fully saturated rings. The fourth-order valence-electron chi connectivity index (χ4n) is 2.49. The molecular formula is C17H27N5O3. The Morgan fingerprint density at radius 2 is 1.84 bits per heavy atom. The van der Waals surface area contributed by atoms with E-state index in [1.165, 1.54) is 6.20 Å². The molecule has 0 radical (unpaired) electrons. The minimum absolute atomic E-state index is 0.162. The number of nitrogens with one attached hydrogen (secondary N) is 1. The van der Waals surface area contributed by atoms with Crippen molar-refractivity contribution in [1.82, 2.24) is 19.8 Å². The molecule has 0 aromatic carbocycles. The Kier molecular flexibility index (Phi) is 6.97. The lowest BCUT2D eigenvalue weighted by Crippen LogP contribution is -2.50. The highest BCUT2D eigenvalue weighted by Gasteiger charge is 2.26. The highest BCUT2D eigenvalue weighted by Crippen LogP contribution is 2.09. The first-order valence-electron chi connectivity index (χ1n) is 8.78. The Bertz CT molecular complexity index is 568. The molecule has 1 aromatic rings. The zero-order valence-electron chi connectivity index (χ0n) is 15.2. The number of ether oxygens (including phenoxy) is 1. The summed E-state index contributed by atoms with van der Waals surface area (Å²) < 4.78 is 4.98. The third-order valence-corrected chi connectivity index (χ3v) is 3.99. The van der Waals surface area contributed by atoms with Gasteiger partial charge in [-0.25, -0.2) is 14.8 Å². The van der Waals surface area contributed by atoms with E-state index < -0.39 is 0 Å². The molecule has 0 spiro atoms. The maximum Gasteiger partial charge on any atom is 0.409 e. The monoisotopic (exact) mass is 349 g/mol. The number of rotatable bonds is 6. The molecule has 1 aliphatic rings. The molecule has 1 aliphatic heterocycles. The van der Waals surface area contributed by atoms with E-state index in [4.69, 9.17) is 4.74 Å². The smallest absolute Gasteiger partial charge is 0.409 e. The zero-order chi connectivity index (χ0) is 18.2. The summed E-state index contributed by atoms with van der Waals surface area (Å²) in [6, 6.07) is 0. The highest BCUT2D eigenvalue weighted by molar-refractivity contribution is 5.92. The molecule has 1 saturated heterocycles. The summed E-state index contributed by atoms with van der Waals surface area (Å²) in [4.78, 5) is 35.9. The van der Waals surface area contributed by atoms with Crippen molar-refractivity contribution in [2.45, 2.75) is 27.2 Å². The van der Waals surface area contributed by atoms with Gasteiger partial charge < -0.3 is 19.9 Å². The first-order valence-corrected chi connectivity index (χ1v) is 8.78. The van der Waals surface area contributed by atoms with Crippen LogP contribution in [-0.4, -0.2) is 71.1 Å². The van der Waals surface area contributed by atoms with Gasteiger partial charge >= 0.3 is 6.09 Å². The van der Waals surface area contributed by atoms with Crippen molar-refractivity contribution >= 4 is 17.8 Å². The number of piperazine rings is 1. The average molecular weight is 349 g/mol. The fourth-order valence-corrected chi connectivity index (χ4v) is 2.49. The van der Waals surface area contributed by atoms with E-state index >= 15 is 0 Å². The van der Waals surface area contributed by atoms with Gasteiger partial charge in [-0.2, -0.15) is 0 Å². The van der Waals surface area contributed by atoms with Crippen LogP contribution in [0.4, 0.5) is 10.6 Å². The van der Waals surface area contributed by atoms with E-state index in [-0.39, 0.29) is 12.0 Å². The summed E-state index contributed by atoms with van der Waals surface area (Å²) in [6.45, 7) is 9.15. The second-order valence-corrected chi connectivity index (χ2v) is 6.37. The quantitative estimate of drug-likeness (QED) is 0.843. The van der Waals surface area contributed by atoms with E-state index in [9.17, 15) is 9.59 Å². The van der Waals surface area contributed by atoms with Gasteiger partial charge in [-0.3, -0.25) is 4.79 Å². The lowest BCUT2D eigenvalue weighted by atomic mass is 10.1. The third kappa shape index (κ3) is 5.58. The van der Waals surface area contributed by atoms with Crippen LogP contribution in [0.1, 0.15) is 37.7 Å². The van der Waals surface area contributed by atoms with Crippen LogP contribution in [0.2, 0.25) is 0 Å². The van der Waals surface area contributed by atoms with Crippen LogP contribution in [0.25, 0.3) is 0 Å². The fraction of sp³-hybridized carbons (Fsp3) is 0.647. The molecule has 2 rings (SSSR count). The average Bonchev–Trinajstić information content (AvgIpc) is 2.62. The Morgan fingerprint density at radius 1 is 1.16 bits per heavy atom. The number of hydrogen-bond acceptors (Lipinski definition) is 6. The van der Waals surface area contributed by atoms with Gasteiger partial charge in [-0.15, -0.1) is 0 Å². The third-order valence-electron chi connectivity index (χ3n) is 3.99. The van der Waals surface area contributed by atoms with Crippen molar-refractivity contribution in [2.24, 2.45) is 5.92 Å². The maximum absolute atomic E-state index is 12.5. The Labute approximate surface area is 148 Å². The normalized spacial score (nSPS) is 14.6. The summed E-state index contributed by atoms with van der Waals surface area (Å²) >= 11 is 0. The lowest BCUT2D eigenvalue weighted by molar-refractivity contribution is 0.0565. The van der Waals surface area contributed by atoms with E-state index in [2.05, 4.69) is 29.1 Å². The standard InChI is InChI=1S/C17H27N5O3/c1-4-25-17(24)22-9-7-21(8-10-22)16(23)14-11-20-15(12-19-14)18-6-5-13(2)3/h11-13H,4-10H2,1-3H3,(H,18,20). The summed E-state index contributed by atoms with van der Waals surface area (Å²) in [6.07, 6.45) is 3.80. The molecule has 25 heavy (non-hydrogen) atoms. The second-order valence-electron chi connectivity index (χ2n) is 6.37. The van der Waals surface area contributed by atoms with Gasteiger partial charge in [0.15, 0.2) is 0 Å². The molecule has 0 atom stereocenters. The number of hydrogen-bond donors (Lipinski definition) is 1. The number of amides is 2. The maximum atomic E-state index is 12.5. The summed E-state index contributed by atoms with van der Waals surface area (Å²) in [7, 11) is 0. The van der Waals surface area contributed by atoms with Crippen molar-refractivity contribution in [2.75, 3.05) is 44.6 Å². The minimum atomic E-state index is -0.328. The Morgan fingerprint density at radius 3 is 2.40 bits per heavy atom. The number of nitrogens with zero attached hydrogens (tertiary/aromatic N) is 4. The van der Waals surface area contributed by atoms with Crippen molar-refractivity contribution < 1.29 is 14.3 Å². The van der Waals surface area contributed by atoms with Gasteiger partial charge in [0.1, 0.15) is 11.5 Å². The van der Waals surface area contributed by atoms with Crippen LogP contribution in [0, 0.1) is 5.92 Å². The lowest BCUT2D eigenvalue weighted by Gasteiger charge is -2.33. The molecule has 1 aromatic heterocycles. The molecule has 0 unspecified atom stereocenters. The molecule has 0 saturated carbocycles. The van der Waals surface area contributed by atoms with Crippen LogP contribution in [0.3, 0.4) is 0 Å². The Balaban J connectivity index is 1.84. The van der Waals surface area contributed by atoms with Gasteiger partial charge in [0.05, 0.1) is 19.0 Å². The van der Waals surface area contributed by atoms with Gasteiger partial charge in [-0.05, 0) is 19.3 Å². The summed E-state index contributed by atoms with van der Waals surface area (Å²) in [5.41, 5.74) is 0.319. The largest absolute Gasteiger partial charge is 0.450 e. The van der Waals surface area contributed by atoms with Crippen molar-refractivity contribution in [3.05, 3.63) is 18.1 Å². The zero-order valence-corrected chi connectivity index (χ0v) is 15.2. The minimum Gasteiger partial charge on any atom is -0.450 e. The van der Waals surface area contributed by atoms with Crippen LogP contribution in [0.15, 0.2) is 12.4 Å². The molecule has 2 heterocycles. The molecule has 138 valence electrons. The Hall–Kier alpha value is -2.38.